The maximum Gasteiger partial charge on any atom is 0.339 e. The third-order valence-corrected chi connectivity index (χ3v) is 4.14. The van der Waals surface area contributed by atoms with Gasteiger partial charge in [-0.15, -0.1) is 0 Å². The minimum Gasteiger partial charge on any atom is -0.465 e. The van der Waals surface area contributed by atoms with Crippen LogP contribution in [0.15, 0.2) is 24.3 Å². The Morgan fingerprint density at radius 3 is 2.50 bits per heavy atom. The molecule has 0 unspecified atom stereocenters. The summed E-state index contributed by atoms with van der Waals surface area (Å²) < 4.78 is 4.72. The molecule has 0 radical (unpaired) electrons. The fourth-order valence-electron chi connectivity index (χ4n) is 2.78. The van der Waals surface area contributed by atoms with Crippen LogP contribution in [0.3, 0.4) is 0 Å². The first-order valence-corrected chi connectivity index (χ1v) is 8.32. The number of aryl methyl sites for hydroxylation is 2. The van der Waals surface area contributed by atoms with E-state index in [2.05, 4.69) is 15.6 Å². The molecule has 2 rings (SSSR count). The number of nitrogens with one attached hydrogen (secondary N) is 3. The van der Waals surface area contributed by atoms with Gasteiger partial charge >= 0.3 is 5.97 Å². The zero-order chi connectivity index (χ0) is 19.3. The Morgan fingerprint density at radius 1 is 1.15 bits per heavy atom. The van der Waals surface area contributed by atoms with Gasteiger partial charge in [0, 0.05) is 11.4 Å². The van der Waals surface area contributed by atoms with Crippen LogP contribution >= 0.6 is 0 Å². The second-order valence-electron chi connectivity index (χ2n) is 5.86. The Balaban J connectivity index is 2.03. The lowest BCUT2D eigenvalue weighted by atomic mass is 10.1. The summed E-state index contributed by atoms with van der Waals surface area (Å²) in [6.07, 6.45) is 0.792. The number of aromatic amines is 1. The van der Waals surface area contributed by atoms with Crippen molar-refractivity contribution in [2.24, 2.45) is 0 Å². The van der Waals surface area contributed by atoms with E-state index < -0.39 is 11.9 Å². The minimum absolute atomic E-state index is 0.179. The van der Waals surface area contributed by atoms with E-state index in [1.165, 1.54) is 7.11 Å². The molecule has 7 nitrogen and oxygen atoms in total. The first-order valence-electron chi connectivity index (χ1n) is 8.32. The number of ether oxygens (including phenoxy) is 1. The van der Waals surface area contributed by atoms with E-state index in [0.29, 0.717) is 16.8 Å². The van der Waals surface area contributed by atoms with Crippen LogP contribution in [0, 0.1) is 13.8 Å². The van der Waals surface area contributed by atoms with Crippen molar-refractivity contribution in [3.05, 3.63) is 52.3 Å². The predicted molar refractivity (Wildman–Crippen MR) is 98.4 cm³/mol. The zero-order valence-corrected chi connectivity index (χ0v) is 15.4. The molecule has 26 heavy (non-hydrogen) atoms. The number of aromatic nitrogens is 1. The fraction of sp³-hybridized carbons (Fsp3) is 0.316. The van der Waals surface area contributed by atoms with Gasteiger partial charge in [-0.25, -0.2) is 4.79 Å². The third kappa shape index (κ3) is 4.11. The highest BCUT2D eigenvalue weighted by molar-refractivity contribution is 6.02. The molecule has 138 valence electrons. The summed E-state index contributed by atoms with van der Waals surface area (Å²) in [5, 5.41) is 5.35. The van der Waals surface area contributed by atoms with Crippen molar-refractivity contribution < 1.29 is 19.1 Å². The van der Waals surface area contributed by atoms with Crippen molar-refractivity contribution in [1.82, 2.24) is 10.3 Å². The fourth-order valence-corrected chi connectivity index (χ4v) is 2.78. The summed E-state index contributed by atoms with van der Waals surface area (Å²) in [7, 11) is 1.28. The summed E-state index contributed by atoms with van der Waals surface area (Å²) in [5.41, 5.74) is 3.35. The zero-order valence-electron chi connectivity index (χ0n) is 15.4. The number of hydrogen-bond donors (Lipinski definition) is 3. The SMILES string of the molecule is CCc1ccccc1NC(=O)CNC(=O)c1[nH]c(C)c(C(=O)OC)c1C. The van der Waals surface area contributed by atoms with Gasteiger partial charge in [-0.1, -0.05) is 25.1 Å². The number of esters is 1. The molecule has 0 aliphatic carbocycles. The molecule has 0 bridgehead atoms. The van der Waals surface area contributed by atoms with Crippen LogP contribution in [-0.2, 0) is 16.0 Å². The second-order valence-corrected chi connectivity index (χ2v) is 5.86. The van der Waals surface area contributed by atoms with Gasteiger partial charge in [0.25, 0.3) is 5.91 Å². The smallest absolute Gasteiger partial charge is 0.339 e. The number of rotatable bonds is 6. The molecule has 1 heterocycles. The Labute approximate surface area is 152 Å². The predicted octanol–water partition coefficient (Wildman–Crippen LogP) is 2.35. The lowest BCUT2D eigenvalue weighted by Crippen LogP contribution is -2.33. The van der Waals surface area contributed by atoms with Gasteiger partial charge < -0.3 is 20.4 Å². The first kappa shape index (κ1) is 19.2. The topological polar surface area (TPSA) is 100 Å². The van der Waals surface area contributed by atoms with Crippen molar-refractivity contribution in [1.29, 1.82) is 0 Å². The highest BCUT2D eigenvalue weighted by atomic mass is 16.5. The Kier molecular flexibility index (Phi) is 6.16. The molecule has 0 spiro atoms. The van der Waals surface area contributed by atoms with Crippen LogP contribution in [0.1, 0.15) is 44.6 Å². The number of anilines is 1. The van der Waals surface area contributed by atoms with Gasteiger partial charge in [-0.3, -0.25) is 9.59 Å². The third-order valence-electron chi connectivity index (χ3n) is 4.14. The lowest BCUT2D eigenvalue weighted by Gasteiger charge is -2.10. The van der Waals surface area contributed by atoms with E-state index >= 15 is 0 Å². The molecular formula is C19H23N3O4. The van der Waals surface area contributed by atoms with E-state index in [1.807, 2.05) is 31.2 Å². The number of amides is 2. The van der Waals surface area contributed by atoms with Gasteiger partial charge in [0.2, 0.25) is 5.91 Å². The summed E-state index contributed by atoms with van der Waals surface area (Å²) in [4.78, 5) is 39.1. The number of carbonyl (C=O) groups excluding carboxylic acids is 3. The van der Waals surface area contributed by atoms with Crippen LogP contribution in [0.4, 0.5) is 5.69 Å². The van der Waals surface area contributed by atoms with Gasteiger partial charge in [-0.05, 0) is 37.5 Å². The van der Waals surface area contributed by atoms with Crippen LogP contribution in [0.2, 0.25) is 0 Å². The lowest BCUT2D eigenvalue weighted by molar-refractivity contribution is -0.115. The standard InChI is InChI=1S/C19H23N3O4/c1-5-13-8-6-7-9-14(13)22-15(23)10-20-18(24)17-11(2)16(12(3)21-17)19(25)26-4/h6-9,21H,5,10H2,1-4H3,(H,20,24)(H,22,23). The van der Waals surface area contributed by atoms with Gasteiger partial charge in [-0.2, -0.15) is 0 Å². The van der Waals surface area contributed by atoms with Crippen LogP contribution < -0.4 is 10.6 Å². The number of methoxy groups -OCH3 is 1. The van der Waals surface area contributed by atoms with E-state index in [0.717, 1.165) is 17.7 Å². The summed E-state index contributed by atoms with van der Waals surface area (Å²) >= 11 is 0. The first-order chi connectivity index (χ1) is 12.4. The van der Waals surface area contributed by atoms with Crippen molar-refractivity contribution >= 4 is 23.5 Å². The monoisotopic (exact) mass is 357 g/mol. The van der Waals surface area contributed by atoms with E-state index in [4.69, 9.17) is 4.74 Å². The molecule has 0 aliphatic heterocycles. The molecular weight excluding hydrogens is 334 g/mol. The van der Waals surface area contributed by atoms with Gasteiger partial charge in [0.05, 0.1) is 19.2 Å². The largest absolute Gasteiger partial charge is 0.465 e. The molecule has 7 heteroatoms. The van der Waals surface area contributed by atoms with E-state index in [1.54, 1.807) is 13.8 Å². The van der Waals surface area contributed by atoms with Crippen molar-refractivity contribution in [3.8, 4) is 0 Å². The number of hydrogen-bond acceptors (Lipinski definition) is 4. The summed E-state index contributed by atoms with van der Waals surface area (Å²) in [6.45, 7) is 5.16. The normalized spacial score (nSPS) is 10.3. The number of H-pyrrole nitrogens is 1. The van der Waals surface area contributed by atoms with E-state index in [-0.39, 0.29) is 18.1 Å². The minimum atomic E-state index is -0.510. The second kappa shape index (κ2) is 8.33. The molecule has 0 atom stereocenters. The van der Waals surface area contributed by atoms with Crippen molar-refractivity contribution in [2.45, 2.75) is 27.2 Å². The van der Waals surface area contributed by atoms with E-state index in [9.17, 15) is 14.4 Å². The van der Waals surface area contributed by atoms with Crippen LogP contribution in [0.25, 0.3) is 0 Å². The van der Waals surface area contributed by atoms with Crippen molar-refractivity contribution in [3.63, 3.8) is 0 Å². The number of benzene rings is 1. The van der Waals surface area contributed by atoms with Crippen LogP contribution in [-0.4, -0.2) is 36.4 Å². The average molecular weight is 357 g/mol. The quantitative estimate of drug-likeness (QED) is 0.691. The van der Waals surface area contributed by atoms with Gasteiger partial charge in [0.15, 0.2) is 0 Å². The number of para-hydroxylation sites is 1. The molecule has 0 saturated carbocycles. The maximum absolute atomic E-state index is 12.3. The van der Waals surface area contributed by atoms with Crippen molar-refractivity contribution in [2.75, 3.05) is 19.0 Å². The molecule has 2 amide bonds. The summed E-state index contributed by atoms with van der Waals surface area (Å²) in [5.74, 6) is -1.29. The Hall–Kier alpha value is -3.09. The number of carbonyl (C=O) groups is 3. The highest BCUT2D eigenvalue weighted by Crippen LogP contribution is 2.19. The summed E-state index contributed by atoms with van der Waals surface area (Å²) in [6, 6.07) is 7.51. The average Bonchev–Trinajstić information content (AvgIpc) is 2.94. The van der Waals surface area contributed by atoms with Crippen LogP contribution in [0.5, 0.6) is 0 Å². The van der Waals surface area contributed by atoms with Gasteiger partial charge in [0.1, 0.15) is 5.69 Å². The molecule has 1 aromatic carbocycles. The molecule has 3 N–H and O–H groups in total. The molecule has 1 aromatic heterocycles. The Bertz CT molecular complexity index is 839. The highest BCUT2D eigenvalue weighted by Gasteiger charge is 2.22. The maximum atomic E-state index is 12.3. The Morgan fingerprint density at radius 2 is 1.85 bits per heavy atom. The molecule has 2 aromatic rings. The molecule has 0 fully saturated rings. The molecule has 0 aliphatic rings. The molecule has 0 saturated heterocycles.